The van der Waals surface area contributed by atoms with Gasteiger partial charge in [0.05, 0.1) is 0 Å². The summed E-state index contributed by atoms with van der Waals surface area (Å²) in [4.78, 5) is 0. The van der Waals surface area contributed by atoms with Crippen molar-refractivity contribution in [2.24, 2.45) is 0 Å². The number of halogens is 1. The predicted octanol–water partition coefficient (Wildman–Crippen LogP) is 7.71. The minimum absolute atomic E-state index is 0.135. The van der Waals surface area contributed by atoms with Crippen LogP contribution in [0.3, 0.4) is 0 Å². The summed E-state index contributed by atoms with van der Waals surface area (Å²) in [6, 6.07) is 6.55. The summed E-state index contributed by atoms with van der Waals surface area (Å²) in [5.74, 6) is 0. The van der Waals surface area contributed by atoms with Crippen LogP contribution in [-0.4, -0.2) is 12.8 Å². The summed E-state index contributed by atoms with van der Waals surface area (Å²) in [7, 11) is 0. The molecule has 0 saturated carbocycles. The molecule has 0 heterocycles. The van der Waals surface area contributed by atoms with Crippen molar-refractivity contribution in [3.8, 4) is 0 Å². The normalized spacial score (nSPS) is 12.3. The van der Waals surface area contributed by atoms with Crippen molar-refractivity contribution < 1.29 is 4.74 Å². The van der Waals surface area contributed by atoms with Gasteiger partial charge >= 0.3 is 0 Å². The Morgan fingerprint density at radius 2 is 1.64 bits per heavy atom. The van der Waals surface area contributed by atoms with E-state index >= 15 is 0 Å². The number of ether oxygens (including phenoxy) is 1. The minimum Gasteiger partial charge on any atom is -0.360 e. The first-order valence-corrected chi connectivity index (χ1v) is 11.2. The molecule has 144 valence electrons. The lowest BCUT2D eigenvalue weighted by Crippen LogP contribution is -2.24. The Labute approximate surface area is 164 Å². The molecule has 0 saturated heterocycles. The number of hydrogen-bond acceptors (Lipinski definition) is 2. The number of benzene rings is 1. The molecule has 0 spiro atoms. The van der Waals surface area contributed by atoms with Crippen molar-refractivity contribution in [3.63, 3.8) is 0 Å². The molecule has 1 unspecified atom stereocenters. The third-order valence-corrected chi connectivity index (χ3v) is 5.03. The first kappa shape index (κ1) is 22.5. The second kappa shape index (κ2) is 14.6. The number of unbranched alkanes of at least 4 members (excludes halogenated alkanes) is 6. The molecule has 0 aliphatic carbocycles. The van der Waals surface area contributed by atoms with Crippen molar-refractivity contribution in [2.45, 2.75) is 97.6 Å². The SMILES string of the molecule is CCCCCCCC(Nc1ccc(Br)cc1CCC)OCCCCC. The van der Waals surface area contributed by atoms with Crippen LogP contribution in [0, 0.1) is 0 Å². The van der Waals surface area contributed by atoms with E-state index in [0.717, 1.165) is 36.8 Å². The van der Waals surface area contributed by atoms with E-state index in [1.807, 2.05) is 0 Å². The average molecular weight is 412 g/mol. The first-order chi connectivity index (χ1) is 12.2. The van der Waals surface area contributed by atoms with Crippen LogP contribution >= 0.6 is 15.9 Å². The van der Waals surface area contributed by atoms with Gasteiger partial charge in [-0.05, 0) is 49.4 Å². The monoisotopic (exact) mass is 411 g/mol. The van der Waals surface area contributed by atoms with Crippen molar-refractivity contribution in [3.05, 3.63) is 28.2 Å². The highest BCUT2D eigenvalue weighted by Gasteiger charge is 2.11. The van der Waals surface area contributed by atoms with Crippen LogP contribution in [0.25, 0.3) is 0 Å². The highest BCUT2D eigenvalue weighted by molar-refractivity contribution is 9.10. The standard InChI is InChI=1S/C22H38BrNO/c1-4-7-9-10-11-14-22(25-17-12-8-5-2)24-21-16-15-20(23)18-19(21)13-6-3/h15-16,18,22,24H,4-14,17H2,1-3H3. The van der Waals surface area contributed by atoms with E-state index < -0.39 is 0 Å². The topological polar surface area (TPSA) is 21.3 Å². The van der Waals surface area contributed by atoms with E-state index in [9.17, 15) is 0 Å². The Morgan fingerprint density at radius 3 is 2.36 bits per heavy atom. The number of hydrogen-bond donors (Lipinski definition) is 1. The molecule has 25 heavy (non-hydrogen) atoms. The third kappa shape index (κ3) is 10.3. The highest BCUT2D eigenvalue weighted by Crippen LogP contribution is 2.24. The zero-order valence-electron chi connectivity index (χ0n) is 16.6. The van der Waals surface area contributed by atoms with Crippen molar-refractivity contribution in [1.82, 2.24) is 0 Å². The molecule has 0 aromatic heterocycles. The quantitative estimate of drug-likeness (QED) is 0.235. The molecular weight excluding hydrogens is 374 g/mol. The lowest BCUT2D eigenvalue weighted by molar-refractivity contribution is 0.0619. The predicted molar refractivity (Wildman–Crippen MR) is 114 cm³/mol. The van der Waals surface area contributed by atoms with Gasteiger partial charge in [-0.3, -0.25) is 0 Å². The molecule has 1 aromatic carbocycles. The van der Waals surface area contributed by atoms with E-state index in [1.54, 1.807) is 0 Å². The number of rotatable bonds is 15. The molecule has 2 nitrogen and oxygen atoms in total. The smallest absolute Gasteiger partial charge is 0.127 e. The lowest BCUT2D eigenvalue weighted by Gasteiger charge is -2.23. The van der Waals surface area contributed by atoms with Gasteiger partial charge in [0.25, 0.3) is 0 Å². The van der Waals surface area contributed by atoms with Gasteiger partial charge in [0.15, 0.2) is 0 Å². The van der Waals surface area contributed by atoms with Crippen LogP contribution in [0.15, 0.2) is 22.7 Å². The summed E-state index contributed by atoms with van der Waals surface area (Å²) in [6.45, 7) is 7.60. The second-order valence-electron chi connectivity index (χ2n) is 6.97. The van der Waals surface area contributed by atoms with Gasteiger partial charge in [-0.2, -0.15) is 0 Å². The minimum atomic E-state index is 0.135. The Bertz CT molecular complexity index is 450. The summed E-state index contributed by atoms with van der Waals surface area (Å²) in [6.07, 6.45) is 13.7. The zero-order chi connectivity index (χ0) is 18.3. The Hall–Kier alpha value is -0.540. The molecule has 0 aliphatic heterocycles. The summed E-state index contributed by atoms with van der Waals surface area (Å²) in [5.41, 5.74) is 2.61. The van der Waals surface area contributed by atoms with Crippen LogP contribution in [0.4, 0.5) is 5.69 Å². The van der Waals surface area contributed by atoms with Crippen LogP contribution in [-0.2, 0) is 11.2 Å². The molecule has 0 fully saturated rings. The van der Waals surface area contributed by atoms with Crippen molar-refractivity contribution in [2.75, 3.05) is 11.9 Å². The zero-order valence-corrected chi connectivity index (χ0v) is 18.2. The van der Waals surface area contributed by atoms with E-state index in [1.165, 1.54) is 56.2 Å². The van der Waals surface area contributed by atoms with E-state index in [4.69, 9.17) is 4.74 Å². The van der Waals surface area contributed by atoms with E-state index in [2.05, 4.69) is 60.2 Å². The maximum Gasteiger partial charge on any atom is 0.127 e. The van der Waals surface area contributed by atoms with Crippen molar-refractivity contribution in [1.29, 1.82) is 0 Å². The molecule has 0 bridgehead atoms. The fourth-order valence-electron chi connectivity index (χ4n) is 3.06. The highest BCUT2D eigenvalue weighted by atomic mass is 79.9. The summed E-state index contributed by atoms with van der Waals surface area (Å²) < 4.78 is 7.35. The Morgan fingerprint density at radius 1 is 0.920 bits per heavy atom. The van der Waals surface area contributed by atoms with Crippen LogP contribution < -0.4 is 5.32 Å². The van der Waals surface area contributed by atoms with Crippen molar-refractivity contribution >= 4 is 21.6 Å². The Balaban J connectivity index is 2.60. The van der Waals surface area contributed by atoms with E-state index in [0.29, 0.717) is 0 Å². The number of nitrogens with one attached hydrogen (secondary N) is 1. The maximum atomic E-state index is 6.20. The fraction of sp³-hybridized carbons (Fsp3) is 0.727. The third-order valence-electron chi connectivity index (χ3n) is 4.54. The Kier molecular flexibility index (Phi) is 13.2. The van der Waals surface area contributed by atoms with E-state index in [-0.39, 0.29) is 6.23 Å². The molecule has 1 aromatic rings. The fourth-order valence-corrected chi connectivity index (χ4v) is 3.47. The van der Waals surface area contributed by atoms with Crippen LogP contribution in [0.2, 0.25) is 0 Å². The molecule has 1 atom stereocenters. The molecule has 0 radical (unpaired) electrons. The van der Waals surface area contributed by atoms with Gasteiger partial charge in [-0.25, -0.2) is 0 Å². The molecule has 1 N–H and O–H groups in total. The lowest BCUT2D eigenvalue weighted by atomic mass is 10.1. The summed E-state index contributed by atoms with van der Waals surface area (Å²) in [5, 5.41) is 3.68. The largest absolute Gasteiger partial charge is 0.360 e. The average Bonchev–Trinajstić information content (AvgIpc) is 2.60. The van der Waals surface area contributed by atoms with Gasteiger partial charge in [-0.1, -0.05) is 81.6 Å². The molecule has 3 heteroatoms. The molecule has 1 rings (SSSR count). The maximum absolute atomic E-state index is 6.20. The molecular formula is C22H38BrNO. The van der Waals surface area contributed by atoms with Gasteiger partial charge in [0, 0.05) is 16.8 Å². The van der Waals surface area contributed by atoms with Gasteiger partial charge in [0.2, 0.25) is 0 Å². The molecule has 0 aliphatic rings. The first-order valence-electron chi connectivity index (χ1n) is 10.4. The van der Waals surface area contributed by atoms with Crippen LogP contribution in [0.1, 0.15) is 90.5 Å². The molecule has 0 amide bonds. The number of anilines is 1. The number of aryl methyl sites for hydroxylation is 1. The van der Waals surface area contributed by atoms with Gasteiger partial charge in [0.1, 0.15) is 6.23 Å². The van der Waals surface area contributed by atoms with Gasteiger partial charge in [-0.15, -0.1) is 0 Å². The summed E-state index contributed by atoms with van der Waals surface area (Å²) >= 11 is 3.60. The van der Waals surface area contributed by atoms with Crippen LogP contribution in [0.5, 0.6) is 0 Å². The van der Waals surface area contributed by atoms with Gasteiger partial charge < -0.3 is 10.1 Å². The second-order valence-corrected chi connectivity index (χ2v) is 7.88.